The number of anilines is 1. The molecule has 1 atom stereocenters. The molecular weight excluding hydrogens is 360 g/mol. The summed E-state index contributed by atoms with van der Waals surface area (Å²) >= 11 is 1.51. The van der Waals surface area contributed by atoms with Gasteiger partial charge < -0.3 is 10.2 Å². The molecule has 0 spiro atoms. The molecule has 2 amide bonds. The molecule has 27 heavy (non-hydrogen) atoms. The van der Waals surface area contributed by atoms with Crippen LogP contribution in [0.25, 0.3) is 10.6 Å². The molecule has 2 aromatic rings. The highest BCUT2D eigenvalue weighted by Crippen LogP contribution is 2.26. The van der Waals surface area contributed by atoms with E-state index in [4.69, 9.17) is 0 Å². The summed E-state index contributed by atoms with van der Waals surface area (Å²) in [6.45, 7) is 6.21. The van der Waals surface area contributed by atoms with Gasteiger partial charge in [-0.3, -0.25) is 9.59 Å². The Bertz CT molecular complexity index is 833. The van der Waals surface area contributed by atoms with Gasteiger partial charge in [-0.1, -0.05) is 29.5 Å². The summed E-state index contributed by atoms with van der Waals surface area (Å²) in [5, 5.41) is 12.9. The van der Waals surface area contributed by atoms with Crippen molar-refractivity contribution in [1.29, 1.82) is 0 Å². The van der Waals surface area contributed by atoms with Gasteiger partial charge in [-0.15, -0.1) is 16.8 Å². The van der Waals surface area contributed by atoms with Crippen LogP contribution >= 0.6 is 11.3 Å². The third-order valence-corrected chi connectivity index (χ3v) is 5.48. The lowest BCUT2D eigenvalue weighted by atomic mass is 10.0. The van der Waals surface area contributed by atoms with Crippen molar-refractivity contribution >= 4 is 28.8 Å². The Morgan fingerprint density at radius 3 is 2.96 bits per heavy atom. The molecule has 3 rings (SSSR count). The van der Waals surface area contributed by atoms with Gasteiger partial charge in [-0.2, -0.15) is 0 Å². The van der Waals surface area contributed by atoms with Crippen molar-refractivity contribution in [2.24, 2.45) is 0 Å². The zero-order valence-corrected chi connectivity index (χ0v) is 16.3. The van der Waals surface area contributed by atoms with E-state index >= 15 is 0 Å². The molecule has 1 aliphatic heterocycles. The van der Waals surface area contributed by atoms with Crippen LogP contribution in [0.1, 0.15) is 37.1 Å². The summed E-state index contributed by atoms with van der Waals surface area (Å²) in [6, 6.07) is 7.16. The summed E-state index contributed by atoms with van der Waals surface area (Å²) < 4.78 is 0. The zero-order valence-electron chi connectivity index (χ0n) is 15.5. The topological polar surface area (TPSA) is 75.2 Å². The first-order chi connectivity index (χ1) is 13.1. The first-order valence-electron chi connectivity index (χ1n) is 9.20. The first-order valence-corrected chi connectivity index (χ1v) is 10.0. The Kier molecular flexibility index (Phi) is 6.34. The molecule has 0 radical (unpaired) electrons. The highest BCUT2D eigenvalue weighted by atomic mass is 32.1. The Morgan fingerprint density at radius 2 is 2.22 bits per heavy atom. The average Bonchev–Trinajstić information content (AvgIpc) is 3.12. The number of allylic oxidation sites excluding steroid dienone is 1. The molecule has 7 heteroatoms. The van der Waals surface area contributed by atoms with Crippen LogP contribution in [-0.4, -0.2) is 39.5 Å². The lowest BCUT2D eigenvalue weighted by molar-refractivity contribution is -0.140. The van der Waals surface area contributed by atoms with Gasteiger partial charge in [0.05, 0.1) is 0 Å². The van der Waals surface area contributed by atoms with Gasteiger partial charge in [0.25, 0.3) is 0 Å². The quantitative estimate of drug-likeness (QED) is 0.769. The molecule has 1 fully saturated rings. The third kappa shape index (κ3) is 4.80. The fourth-order valence-corrected chi connectivity index (χ4v) is 3.93. The molecule has 1 N–H and O–H groups in total. The van der Waals surface area contributed by atoms with Crippen LogP contribution in [0.3, 0.4) is 0 Å². The van der Waals surface area contributed by atoms with E-state index in [1.54, 1.807) is 11.0 Å². The maximum atomic E-state index is 12.9. The molecule has 1 aliphatic rings. The van der Waals surface area contributed by atoms with Gasteiger partial charge in [-0.05, 0) is 44.7 Å². The number of nitrogens with one attached hydrogen (secondary N) is 1. The van der Waals surface area contributed by atoms with Gasteiger partial charge in [-0.25, -0.2) is 0 Å². The molecule has 1 aromatic heterocycles. The van der Waals surface area contributed by atoms with Crippen LogP contribution in [-0.2, 0) is 9.59 Å². The maximum absolute atomic E-state index is 12.9. The zero-order chi connectivity index (χ0) is 19.2. The number of carbonyl (C=O) groups excluding carboxylic acids is 2. The second kappa shape index (κ2) is 8.90. The predicted molar refractivity (Wildman–Crippen MR) is 107 cm³/mol. The molecule has 0 aliphatic carbocycles. The molecular formula is C20H24N4O2S. The van der Waals surface area contributed by atoms with Crippen LogP contribution < -0.4 is 5.32 Å². The average molecular weight is 385 g/mol. The summed E-state index contributed by atoms with van der Waals surface area (Å²) in [4.78, 5) is 27.0. The molecule has 0 bridgehead atoms. The SMILES string of the molecule is C=CCCC(=O)N1CCCCC1C(=O)Nc1cccc(-c2nnc(C)s2)c1. The summed E-state index contributed by atoms with van der Waals surface area (Å²) in [7, 11) is 0. The van der Waals surface area contributed by atoms with Crippen molar-refractivity contribution in [3.05, 3.63) is 41.9 Å². The largest absolute Gasteiger partial charge is 0.331 e. The van der Waals surface area contributed by atoms with Crippen LogP contribution in [0.2, 0.25) is 0 Å². The number of nitrogens with zero attached hydrogens (tertiary/aromatic N) is 3. The van der Waals surface area contributed by atoms with Crippen LogP contribution in [0.4, 0.5) is 5.69 Å². The van der Waals surface area contributed by atoms with E-state index in [9.17, 15) is 9.59 Å². The van der Waals surface area contributed by atoms with E-state index in [1.165, 1.54) is 11.3 Å². The molecule has 142 valence electrons. The molecule has 1 saturated heterocycles. The molecule has 1 aromatic carbocycles. The predicted octanol–water partition coefficient (Wildman–Crippen LogP) is 3.80. The van der Waals surface area contributed by atoms with Crippen molar-refractivity contribution in [2.75, 3.05) is 11.9 Å². The number of aromatic nitrogens is 2. The fraction of sp³-hybridized carbons (Fsp3) is 0.400. The Hall–Kier alpha value is -2.54. The van der Waals surface area contributed by atoms with Crippen molar-refractivity contribution in [2.45, 2.75) is 45.1 Å². The highest BCUT2D eigenvalue weighted by Gasteiger charge is 2.31. The minimum absolute atomic E-state index is 0.0211. The summed E-state index contributed by atoms with van der Waals surface area (Å²) in [5.74, 6) is -0.111. The fourth-order valence-electron chi connectivity index (χ4n) is 3.24. The number of hydrogen-bond acceptors (Lipinski definition) is 5. The van der Waals surface area contributed by atoms with Gasteiger partial charge in [0.1, 0.15) is 16.1 Å². The van der Waals surface area contributed by atoms with Crippen LogP contribution in [0.15, 0.2) is 36.9 Å². The molecule has 0 saturated carbocycles. The van der Waals surface area contributed by atoms with Crippen LogP contribution in [0.5, 0.6) is 0 Å². The number of piperidine rings is 1. The molecule has 1 unspecified atom stereocenters. The second-order valence-electron chi connectivity index (χ2n) is 6.62. The van der Waals surface area contributed by atoms with E-state index in [0.29, 0.717) is 31.5 Å². The number of rotatable bonds is 6. The van der Waals surface area contributed by atoms with E-state index in [1.807, 2.05) is 31.2 Å². The normalized spacial score (nSPS) is 16.8. The number of amides is 2. The van der Waals surface area contributed by atoms with Gasteiger partial charge >= 0.3 is 0 Å². The monoisotopic (exact) mass is 384 g/mol. The minimum Gasteiger partial charge on any atom is -0.331 e. The Labute approximate surface area is 163 Å². The Morgan fingerprint density at radius 1 is 1.37 bits per heavy atom. The van der Waals surface area contributed by atoms with Crippen molar-refractivity contribution in [3.8, 4) is 10.6 Å². The van der Waals surface area contributed by atoms with Crippen LogP contribution in [0, 0.1) is 6.92 Å². The van der Waals surface area contributed by atoms with Crippen molar-refractivity contribution < 1.29 is 9.59 Å². The lowest BCUT2D eigenvalue weighted by Gasteiger charge is -2.34. The van der Waals surface area contributed by atoms with Crippen molar-refractivity contribution in [3.63, 3.8) is 0 Å². The second-order valence-corrected chi connectivity index (χ2v) is 7.80. The summed E-state index contributed by atoms with van der Waals surface area (Å²) in [6.07, 6.45) is 5.35. The lowest BCUT2D eigenvalue weighted by Crippen LogP contribution is -2.49. The van der Waals surface area contributed by atoms with Gasteiger partial charge in [0.15, 0.2) is 0 Å². The highest BCUT2D eigenvalue weighted by molar-refractivity contribution is 7.14. The minimum atomic E-state index is -0.413. The Balaban J connectivity index is 1.71. The van der Waals surface area contributed by atoms with Gasteiger partial charge in [0.2, 0.25) is 11.8 Å². The number of carbonyl (C=O) groups is 2. The molecule has 2 heterocycles. The maximum Gasteiger partial charge on any atom is 0.247 e. The third-order valence-electron chi connectivity index (χ3n) is 4.59. The van der Waals surface area contributed by atoms with E-state index in [0.717, 1.165) is 28.4 Å². The van der Waals surface area contributed by atoms with E-state index in [-0.39, 0.29) is 11.8 Å². The summed E-state index contributed by atoms with van der Waals surface area (Å²) in [5.41, 5.74) is 1.62. The standard InChI is InChI=1S/C20H24N4O2S/c1-3-4-11-18(25)24-12-6-5-10-17(24)19(26)21-16-9-7-8-15(13-16)20-23-22-14(2)27-20/h3,7-9,13,17H,1,4-6,10-12H2,2H3,(H,21,26). The van der Waals surface area contributed by atoms with Crippen molar-refractivity contribution in [1.82, 2.24) is 15.1 Å². The van der Waals surface area contributed by atoms with Gasteiger partial charge in [0, 0.05) is 24.2 Å². The number of hydrogen-bond donors (Lipinski definition) is 1. The first kappa shape index (κ1) is 19.2. The number of benzene rings is 1. The number of likely N-dealkylation sites (tertiary alicyclic amines) is 1. The number of aryl methyl sites for hydroxylation is 1. The van der Waals surface area contributed by atoms with E-state index < -0.39 is 6.04 Å². The molecule has 6 nitrogen and oxygen atoms in total. The smallest absolute Gasteiger partial charge is 0.247 e. The van der Waals surface area contributed by atoms with E-state index in [2.05, 4.69) is 22.1 Å².